The third-order valence-electron chi connectivity index (χ3n) is 5.14. The molecule has 0 aliphatic rings. The lowest BCUT2D eigenvalue weighted by Crippen LogP contribution is -2.35. The lowest BCUT2D eigenvalue weighted by molar-refractivity contribution is -0.137. The minimum atomic E-state index is -4.64. The van der Waals surface area contributed by atoms with Gasteiger partial charge in [-0.3, -0.25) is 9.59 Å². The number of nitrogens with zero attached hydrogens (tertiary/aromatic N) is 1. The predicted molar refractivity (Wildman–Crippen MR) is 122 cm³/mol. The standard InChI is InChI=1S/C25H22ClF3N2O2/c1-31(16-23(32)30-19-12-13-22(26)21(14-19)25(27,28)29)24(33)15-20(17-8-4-2-5-9-17)18-10-6-3-7-11-18/h2-14,20H,15-16H2,1H3,(H,30,32). The first-order valence-electron chi connectivity index (χ1n) is 10.2. The van der Waals surface area contributed by atoms with Gasteiger partial charge in [-0.2, -0.15) is 13.2 Å². The zero-order valence-corrected chi connectivity index (χ0v) is 18.5. The van der Waals surface area contributed by atoms with Crippen molar-refractivity contribution in [3.63, 3.8) is 0 Å². The monoisotopic (exact) mass is 474 g/mol. The molecule has 0 atom stereocenters. The summed E-state index contributed by atoms with van der Waals surface area (Å²) in [5, 5.41) is 1.93. The van der Waals surface area contributed by atoms with Crippen LogP contribution in [0.4, 0.5) is 18.9 Å². The molecule has 0 aliphatic carbocycles. The SMILES string of the molecule is CN(CC(=O)Nc1ccc(Cl)c(C(F)(F)F)c1)C(=O)CC(c1ccccc1)c1ccccc1. The number of hydrogen-bond donors (Lipinski definition) is 1. The van der Waals surface area contributed by atoms with E-state index in [-0.39, 0.29) is 30.5 Å². The summed E-state index contributed by atoms with van der Waals surface area (Å²) in [4.78, 5) is 26.5. The van der Waals surface area contributed by atoms with Gasteiger partial charge < -0.3 is 10.2 Å². The molecule has 0 saturated heterocycles. The number of halogens is 4. The summed E-state index contributed by atoms with van der Waals surface area (Å²) in [6.07, 6.45) is -4.51. The Morgan fingerprint density at radius 3 is 2.00 bits per heavy atom. The van der Waals surface area contributed by atoms with Crippen molar-refractivity contribution in [2.24, 2.45) is 0 Å². The van der Waals surface area contributed by atoms with Crippen LogP contribution in [0.3, 0.4) is 0 Å². The second-order valence-electron chi connectivity index (χ2n) is 7.57. The van der Waals surface area contributed by atoms with Crippen molar-refractivity contribution in [3.05, 3.63) is 101 Å². The number of nitrogens with one attached hydrogen (secondary N) is 1. The van der Waals surface area contributed by atoms with E-state index in [0.717, 1.165) is 23.3 Å². The second kappa shape index (κ2) is 10.5. The number of rotatable bonds is 7. The fourth-order valence-electron chi connectivity index (χ4n) is 3.45. The topological polar surface area (TPSA) is 49.4 Å². The normalized spacial score (nSPS) is 11.3. The lowest BCUT2D eigenvalue weighted by atomic mass is 9.88. The third kappa shape index (κ3) is 6.58. The lowest BCUT2D eigenvalue weighted by Gasteiger charge is -2.22. The summed E-state index contributed by atoms with van der Waals surface area (Å²) in [6.45, 7) is -0.306. The van der Waals surface area contributed by atoms with Gasteiger partial charge in [0.05, 0.1) is 17.1 Å². The average molecular weight is 475 g/mol. The summed E-state index contributed by atoms with van der Waals surface area (Å²) < 4.78 is 39.1. The summed E-state index contributed by atoms with van der Waals surface area (Å²) in [6, 6.07) is 22.3. The number of likely N-dealkylation sites (N-methyl/N-ethyl adjacent to an activating group) is 1. The van der Waals surface area contributed by atoms with E-state index in [1.807, 2.05) is 60.7 Å². The van der Waals surface area contributed by atoms with Gasteiger partial charge in [-0.05, 0) is 29.3 Å². The molecule has 0 spiro atoms. The summed E-state index contributed by atoms with van der Waals surface area (Å²) in [5.74, 6) is -1.08. The Balaban J connectivity index is 1.67. The molecule has 0 fully saturated rings. The van der Waals surface area contributed by atoms with Gasteiger partial charge in [0.15, 0.2) is 0 Å². The summed E-state index contributed by atoms with van der Waals surface area (Å²) >= 11 is 5.61. The van der Waals surface area contributed by atoms with Gasteiger partial charge in [0, 0.05) is 25.1 Å². The quantitative estimate of drug-likeness (QED) is 0.458. The van der Waals surface area contributed by atoms with E-state index in [1.165, 1.54) is 18.0 Å². The second-order valence-corrected chi connectivity index (χ2v) is 7.98. The number of carbonyl (C=O) groups excluding carboxylic acids is 2. The first-order chi connectivity index (χ1) is 15.6. The highest BCUT2D eigenvalue weighted by Crippen LogP contribution is 2.36. The number of hydrogen-bond acceptors (Lipinski definition) is 2. The summed E-state index contributed by atoms with van der Waals surface area (Å²) in [7, 11) is 1.48. The number of alkyl halides is 3. The van der Waals surface area contributed by atoms with Crippen LogP contribution in [0.15, 0.2) is 78.9 Å². The number of carbonyl (C=O) groups is 2. The highest BCUT2D eigenvalue weighted by molar-refractivity contribution is 6.31. The Bertz CT molecular complexity index is 1070. The average Bonchev–Trinajstić information content (AvgIpc) is 2.79. The molecule has 0 unspecified atom stereocenters. The van der Waals surface area contributed by atoms with Crippen molar-refractivity contribution in [1.82, 2.24) is 4.90 Å². The van der Waals surface area contributed by atoms with Gasteiger partial charge in [0.1, 0.15) is 0 Å². The van der Waals surface area contributed by atoms with Crippen LogP contribution in [0.5, 0.6) is 0 Å². The molecule has 8 heteroatoms. The van der Waals surface area contributed by atoms with Crippen molar-refractivity contribution < 1.29 is 22.8 Å². The minimum absolute atomic E-state index is 0.0518. The molecule has 33 heavy (non-hydrogen) atoms. The highest BCUT2D eigenvalue weighted by atomic mass is 35.5. The van der Waals surface area contributed by atoms with Crippen molar-refractivity contribution in [3.8, 4) is 0 Å². The van der Waals surface area contributed by atoms with E-state index in [2.05, 4.69) is 5.32 Å². The molecule has 4 nitrogen and oxygen atoms in total. The molecule has 0 bridgehead atoms. The van der Waals surface area contributed by atoms with Gasteiger partial charge in [-0.25, -0.2) is 0 Å². The van der Waals surface area contributed by atoms with E-state index in [1.54, 1.807) is 0 Å². The van der Waals surface area contributed by atoms with E-state index in [0.29, 0.717) is 0 Å². The van der Waals surface area contributed by atoms with Crippen molar-refractivity contribution in [2.75, 3.05) is 18.9 Å². The smallest absolute Gasteiger partial charge is 0.336 e. The fourth-order valence-corrected chi connectivity index (χ4v) is 3.68. The van der Waals surface area contributed by atoms with Crippen LogP contribution in [0.2, 0.25) is 5.02 Å². The van der Waals surface area contributed by atoms with Gasteiger partial charge >= 0.3 is 6.18 Å². The fraction of sp³-hybridized carbons (Fsp3) is 0.200. The minimum Gasteiger partial charge on any atom is -0.336 e. The van der Waals surface area contributed by atoms with Gasteiger partial charge in [-0.1, -0.05) is 72.3 Å². The Kier molecular flexibility index (Phi) is 7.76. The molecular formula is C25H22ClF3N2O2. The Hall–Kier alpha value is -3.32. The van der Waals surface area contributed by atoms with Crippen LogP contribution in [-0.2, 0) is 15.8 Å². The molecule has 0 aromatic heterocycles. The van der Waals surface area contributed by atoms with Gasteiger partial charge in [0.2, 0.25) is 11.8 Å². The van der Waals surface area contributed by atoms with E-state index < -0.39 is 22.7 Å². The van der Waals surface area contributed by atoms with Crippen LogP contribution in [-0.4, -0.2) is 30.3 Å². The summed E-state index contributed by atoms with van der Waals surface area (Å²) in [5.41, 5.74) is 0.843. The molecule has 0 aliphatic heterocycles. The van der Waals surface area contributed by atoms with Crippen molar-refractivity contribution in [1.29, 1.82) is 0 Å². The molecule has 172 valence electrons. The Morgan fingerprint density at radius 2 is 1.48 bits per heavy atom. The molecule has 3 aromatic carbocycles. The Morgan fingerprint density at radius 1 is 0.939 bits per heavy atom. The van der Waals surface area contributed by atoms with E-state index >= 15 is 0 Å². The molecule has 3 rings (SSSR count). The van der Waals surface area contributed by atoms with Crippen LogP contribution in [0, 0.1) is 0 Å². The molecule has 0 heterocycles. The zero-order chi connectivity index (χ0) is 24.0. The van der Waals surface area contributed by atoms with E-state index in [9.17, 15) is 22.8 Å². The number of benzene rings is 3. The largest absolute Gasteiger partial charge is 0.417 e. The van der Waals surface area contributed by atoms with Gasteiger partial charge in [-0.15, -0.1) is 0 Å². The molecule has 0 radical (unpaired) electrons. The number of amides is 2. The van der Waals surface area contributed by atoms with E-state index in [4.69, 9.17) is 11.6 Å². The van der Waals surface area contributed by atoms with Gasteiger partial charge in [0.25, 0.3) is 0 Å². The van der Waals surface area contributed by atoms with Crippen LogP contribution in [0.25, 0.3) is 0 Å². The molecule has 3 aromatic rings. The first-order valence-corrected chi connectivity index (χ1v) is 10.5. The predicted octanol–water partition coefficient (Wildman–Crippen LogP) is 5.98. The number of anilines is 1. The Labute approximate surface area is 195 Å². The maximum atomic E-state index is 13.0. The molecular weight excluding hydrogens is 453 g/mol. The zero-order valence-electron chi connectivity index (χ0n) is 17.8. The van der Waals surface area contributed by atoms with Crippen molar-refractivity contribution in [2.45, 2.75) is 18.5 Å². The molecule has 2 amide bonds. The van der Waals surface area contributed by atoms with Crippen LogP contribution >= 0.6 is 11.6 Å². The molecule has 0 saturated carbocycles. The maximum absolute atomic E-state index is 13.0. The highest BCUT2D eigenvalue weighted by Gasteiger charge is 2.33. The third-order valence-corrected chi connectivity index (χ3v) is 5.47. The van der Waals surface area contributed by atoms with Crippen LogP contribution < -0.4 is 5.32 Å². The van der Waals surface area contributed by atoms with Crippen LogP contribution in [0.1, 0.15) is 29.0 Å². The first kappa shape index (κ1) is 24.3. The molecule has 1 N–H and O–H groups in total. The van der Waals surface area contributed by atoms with Crippen molar-refractivity contribution >= 4 is 29.1 Å². The maximum Gasteiger partial charge on any atom is 0.417 e.